The Hall–Kier alpha value is -2.00. The predicted octanol–water partition coefficient (Wildman–Crippen LogP) is 4.71. The van der Waals surface area contributed by atoms with Crippen molar-refractivity contribution in [3.8, 4) is 11.5 Å². The lowest BCUT2D eigenvalue weighted by Crippen LogP contribution is -2.25. The molecule has 0 aromatic heterocycles. The number of para-hydroxylation sites is 1. The first-order valence-corrected chi connectivity index (χ1v) is 7.21. The normalized spacial score (nSPS) is 11.2. The van der Waals surface area contributed by atoms with Gasteiger partial charge in [0.05, 0.1) is 5.60 Å². The molecule has 0 spiro atoms. The first kappa shape index (κ1) is 15.4. The van der Waals surface area contributed by atoms with Gasteiger partial charge in [0.1, 0.15) is 11.5 Å². The van der Waals surface area contributed by atoms with Crippen molar-refractivity contribution >= 4 is 5.69 Å². The van der Waals surface area contributed by atoms with Gasteiger partial charge in [0, 0.05) is 25.4 Å². The molecule has 0 saturated heterocycles. The van der Waals surface area contributed by atoms with E-state index in [1.807, 2.05) is 54.6 Å². The first-order valence-electron chi connectivity index (χ1n) is 7.21. The molecule has 2 aromatic rings. The van der Waals surface area contributed by atoms with Crippen LogP contribution < -0.4 is 10.1 Å². The summed E-state index contributed by atoms with van der Waals surface area (Å²) in [6, 6.07) is 17.8. The molecule has 0 aliphatic carbocycles. The third-order valence-electron chi connectivity index (χ3n) is 3.42. The van der Waals surface area contributed by atoms with Gasteiger partial charge in [0.25, 0.3) is 0 Å². The summed E-state index contributed by atoms with van der Waals surface area (Å²) in [5, 5.41) is 3.40. The maximum Gasteiger partial charge on any atom is 0.129 e. The van der Waals surface area contributed by atoms with Crippen LogP contribution in [-0.4, -0.2) is 19.3 Å². The van der Waals surface area contributed by atoms with Crippen LogP contribution in [0.15, 0.2) is 54.6 Å². The maximum atomic E-state index is 5.82. The molecule has 0 atom stereocenters. The van der Waals surface area contributed by atoms with Gasteiger partial charge in [-0.2, -0.15) is 0 Å². The number of nitrogens with one attached hydrogen (secondary N) is 1. The van der Waals surface area contributed by atoms with Crippen molar-refractivity contribution in [1.29, 1.82) is 0 Å². The Morgan fingerprint density at radius 3 is 2.38 bits per heavy atom. The van der Waals surface area contributed by atoms with E-state index in [2.05, 4.69) is 19.2 Å². The van der Waals surface area contributed by atoms with Gasteiger partial charge in [-0.1, -0.05) is 24.3 Å². The Morgan fingerprint density at radius 2 is 1.67 bits per heavy atom. The number of benzene rings is 2. The average Bonchev–Trinajstić information content (AvgIpc) is 2.48. The lowest BCUT2D eigenvalue weighted by Gasteiger charge is -2.23. The maximum absolute atomic E-state index is 5.82. The Bertz CT molecular complexity index is 552. The summed E-state index contributed by atoms with van der Waals surface area (Å²) in [6.45, 7) is 5.03. The summed E-state index contributed by atoms with van der Waals surface area (Å²) in [5.74, 6) is 1.67. The molecule has 0 aliphatic rings. The highest BCUT2D eigenvalue weighted by Crippen LogP contribution is 2.24. The standard InChI is InChI=1S/C18H23NO2/c1-18(2,20-3)12-13-19-15-8-7-11-17(14-15)21-16-9-5-4-6-10-16/h4-11,14,19H,12-13H2,1-3H3. The number of hydrogen-bond acceptors (Lipinski definition) is 3. The third kappa shape index (κ3) is 5.12. The van der Waals surface area contributed by atoms with Crippen LogP contribution in [0.5, 0.6) is 11.5 Å². The second-order valence-electron chi connectivity index (χ2n) is 5.58. The lowest BCUT2D eigenvalue weighted by atomic mass is 10.1. The van der Waals surface area contributed by atoms with Gasteiger partial charge < -0.3 is 14.8 Å². The van der Waals surface area contributed by atoms with Crippen LogP contribution in [0.4, 0.5) is 5.69 Å². The van der Waals surface area contributed by atoms with Crippen LogP contribution in [0.1, 0.15) is 20.3 Å². The molecular formula is C18H23NO2. The van der Waals surface area contributed by atoms with Crippen molar-refractivity contribution in [3.05, 3.63) is 54.6 Å². The van der Waals surface area contributed by atoms with E-state index in [-0.39, 0.29) is 5.60 Å². The summed E-state index contributed by atoms with van der Waals surface area (Å²) in [6.07, 6.45) is 0.938. The Labute approximate surface area is 126 Å². The van der Waals surface area contributed by atoms with Crippen LogP contribution >= 0.6 is 0 Å². The second kappa shape index (κ2) is 7.14. The molecule has 3 heteroatoms. The molecule has 2 rings (SSSR count). The van der Waals surface area contributed by atoms with Crippen molar-refractivity contribution in [2.24, 2.45) is 0 Å². The van der Waals surface area contributed by atoms with Crippen molar-refractivity contribution in [3.63, 3.8) is 0 Å². The largest absolute Gasteiger partial charge is 0.457 e. The van der Waals surface area contributed by atoms with E-state index in [9.17, 15) is 0 Å². The number of methoxy groups -OCH3 is 1. The van der Waals surface area contributed by atoms with Gasteiger partial charge in [-0.05, 0) is 44.5 Å². The monoisotopic (exact) mass is 285 g/mol. The Morgan fingerprint density at radius 1 is 0.952 bits per heavy atom. The van der Waals surface area contributed by atoms with E-state index in [0.717, 1.165) is 30.2 Å². The molecule has 1 N–H and O–H groups in total. The predicted molar refractivity (Wildman–Crippen MR) is 87.2 cm³/mol. The minimum absolute atomic E-state index is 0.106. The van der Waals surface area contributed by atoms with Gasteiger partial charge in [-0.3, -0.25) is 0 Å². The van der Waals surface area contributed by atoms with Crippen molar-refractivity contribution in [1.82, 2.24) is 0 Å². The quantitative estimate of drug-likeness (QED) is 0.799. The Kier molecular flexibility index (Phi) is 5.23. The highest BCUT2D eigenvalue weighted by molar-refractivity contribution is 5.49. The zero-order valence-corrected chi connectivity index (χ0v) is 12.9. The molecule has 0 heterocycles. The van der Waals surface area contributed by atoms with E-state index in [4.69, 9.17) is 9.47 Å². The topological polar surface area (TPSA) is 30.5 Å². The molecule has 0 fully saturated rings. The van der Waals surface area contributed by atoms with E-state index >= 15 is 0 Å². The van der Waals surface area contributed by atoms with E-state index in [1.165, 1.54) is 0 Å². The molecule has 3 nitrogen and oxygen atoms in total. The van der Waals surface area contributed by atoms with Crippen molar-refractivity contribution in [2.75, 3.05) is 19.0 Å². The number of hydrogen-bond donors (Lipinski definition) is 1. The fourth-order valence-corrected chi connectivity index (χ4v) is 1.90. The van der Waals surface area contributed by atoms with Gasteiger partial charge in [0.2, 0.25) is 0 Å². The van der Waals surface area contributed by atoms with E-state index < -0.39 is 0 Å². The van der Waals surface area contributed by atoms with Crippen molar-refractivity contribution < 1.29 is 9.47 Å². The molecule has 2 aromatic carbocycles. The van der Waals surface area contributed by atoms with Crippen molar-refractivity contribution in [2.45, 2.75) is 25.9 Å². The SMILES string of the molecule is COC(C)(C)CCNc1cccc(Oc2ccccc2)c1. The third-order valence-corrected chi connectivity index (χ3v) is 3.42. The average molecular weight is 285 g/mol. The highest BCUT2D eigenvalue weighted by Gasteiger charge is 2.15. The molecule has 0 bridgehead atoms. The van der Waals surface area contributed by atoms with Crippen LogP contribution in [0.25, 0.3) is 0 Å². The minimum atomic E-state index is -0.106. The summed E-state index contributed by atoms with van der Waals surface area (Å²) < 4.78 is 11.2. The first-order chi connectivity index (χ1) is 10.1. The highest BCUT2D eigenvalue weighted by atomic mass is 16.5. The molecule has 0 saturated carbocycles. The van der Waals surface area contributed by atoms with Crippen LogP contribution in [-0.2, 0) is 4.74 Å². The zero-order chi connectivity index (χ0) is 15.1. The summed E-state index contributed by atoms with van der Waals surface area (Å²) in [7, 11) is 1.74. The molecule has 0 amide bonds. The van der Waals surface area contributed by atoms with Crippen LogP contribution in [0.3, 0.4) is 0 Å². The summed E-state index contributed by atoms with van der Waals surface area (Å²) >= 11 is 0. The fraction of sp³-hybridized carbons (Fsp3) is 0.333. The smallest absolute Gasteiger partial charge is 0.129 e. The van der Waals surface area contributed by atoms with E-state index in [0.29, 0.717) is 0 Å². The zero-order valence-electron chi connectivity index (χ0n) is 12.9. The summed E-state index contributed by atoms with van der Waals surface area (Å²) in [4.78, 5) is 0. The molecule has 0 radical (unpaired) electrons. The fourth-order valence-electron chi connectivity index (χ4n) is 1.90. The number of ether oxygens (including phenoxy) is 2. The molecule has 112 valence electrons. The van der Waals surface area contributed by atoms with Crippen LogP contribution in [0.2, 0.25) is 0 Å². The minimum Gasteiger partial charge on any atom is -0.457 e. The second-order valence-corrected chi connectivity index (χ2v) is 5.58. The molecular weight excluding hydrogens is 262 g/mol. The van der Waals surface area contributed by atoms with Crippen LogP contribution in [0, 0.1) is 0 Å². The van der Waals surface area contributed by atoms with E-state index in [1.54, 1.807) is 7.11 Å². The lowest BCUT2D eigenvalue weighted by molar-refractivity contribution is 0.0185. The molecule has 21 heavy (non-hydrogen) atoms. The molecule has 0 aliphatic heterocycles. The Balaban J connectivity index is 1.92. The number of rotatable bonds is 7. The van der Waals surface area contributed by atoms with Gasteiger partial charge in [-0.15, -0.1) is 0 Å². The number of anilines is 1. The van der Waals surface area contributed by atoms with Gasteiger partial charge in [0.15, 0.2) is 0 Å². The molecule has 0 unspecified atom stereocenters. The summed E-state index contributed by atoms with van der Waals surface area (Å²) in [5.41, 5.74) is 0.945. The van der Waals surface area contributed by atoms with Gasteiger partial charge >= 0.3 is 0 Å². The van der Waals surface area contributed by atoms with Gasteiger partial charge in [-0.25, -0.2) is 0 Å².